The number of carbonyl (C=O) groups is 1. The molecular weight excluding hydrogens is 316 g/mol. The van der Waals surface area contributed by atoms with Gasteiger partial charge < -0.3 is 5.32 Å². The number of alkyl halides is 2. The van der Waals surface area contributed by atoms with Gasteiger partial charge in [0, 0.05) is 25.6 Å². The van der Waals surface area contributed by atoms with Crippen molar-refractivity contribution in [3.8, 4) is 0 Å². The maximum Gasteiger partial charge on any atom is 0.262 e. The number of halogens is 2. The highest BCUT2D eigenvalue weighted by atomic mass is 32.2. The van der Waals surface area contributed by atoms with Gasteiger partial charge in [-0.25, -0.2) is 21.5 Å². The Labute approximate surface area is 129 Å². The van der Waals surface area contributed by atoms with Crippen molar-refractivity contribution in [1.29, 1.82) is 0 Å². The van der Waals surface area contributed by atoms with Crippen LogP contribution in [-0.4, -0.2) is 62.0 Å². The third kappa shape index (κ3) is 4.36. The van der Waals surface area contributed by atoms with Gasteiger partial charge in [0.2, 0.25) is 15.9 Å². The minimum atomic E-state index is -3.21. The highest BCUT2D eigenvalue weighted by Crippen LogP contribution is 2.25. The highest BCUT2D eigenvalue weighted by Gasteiger charge is 2.42. The monoisotopic (exact) mass is 339 g/mol. The number of piperidine rings is 1. The van der Waals surface area contributed by atoms with E-state index in [1.54, 1.807) is 0 Å². The van der Waals surface area contributed by atoms with E-state index in [-0.39, 0.29) is 11.8 Å². The fraction of sp³-hybridized carbons (Fsp3) is 0.923. The van der Waals surface area contributed by atoms with E-state index in [4.69, 9.17) is 0 Å². The van der Waals surface area contributed by atoms with Gasteiger partial charge in [-0.05, 0) is 19.3 Å². The topological polar surface area (TPSA) is 78.5 Å². The largest absolute Gasteiger partial charge is 0.352 e. The number of rotatable bonds is 5. The Morgan fingerprint density at radius 1 is 1.36 bits per heavy atom. The Balaban J connectivity index is 1.79. The second-order valence-electron chi connectivity index (χ2n) is 5.99. The third-order valence-electron chi connectivity index (χ3n) is 4.08. The normalized spacial score (nSPS) is 27.0. The second-order valence-corrected chi connectivity index (χ2v) is 8.08. The first kappa shape index (κ1) is 17.6. The van der Waals surface area contributed by atoms with E-state index < -0.39 is 40.9 Å². The van der Waals surface area contributed by atoms with E-state index in [9.17, 15) is 22.0 Å². The number of sulfonamides is 1. The van der Waals surface area contributed by atoms with Gasteiger partial charge in [-0.15, -0.1) is 0 Å². The third-order valence-corrected chi connectivity index (χ3v) is 6.16. The molecule has 22 heavy (non-hydrogen) atoms. The fourth-order valence-electron chi connectivity index (χ4n) is 2.87. The summed E-state index contributed by atoms with van der Waals surface area (Å²) in [7, 11) is -3.21. The molecule has 2 rings (SSSR count). The highest BCUT2D eigenvalue weighted by molar-refractivity contribution is 7.89. The van der Waals surface area contributed by atoms with E-state index in [2.05, 4.69) is 10.6 Å². The van der Waals surface area contributed by atoms with Crippen LogP contribution in [0.25, 0.3) is 0 Å². The molecule has 0 aromatic heterocycles. The van der Waals surface area contributed by atoms with Crippen LogP contribution in [0, 0.1) is 0 Å². The molecule has 0 aliphatic carbocycles. The lowest BCUT2D eigenvalue weighted by Crippen LogP contribution is -2.50. The van der Waals surface area contributed by atoms with Gasteiger partial charge in [0.05, 0.1) is 18.3 Å². The zero-order valence-electron chi connectivity index (χ0n) is 12.6. The van der Waals surface area contributed by atoms with Gasteiger partial charge >= 0.3 is 0 Å². The van der Waals surface area contributed by atoms with Crippen LogP contribution in [-0.2, 0) is 14.8 Å². The van der Waals surface area contributed by atoms with Crippen molar-refractivity contribution in [1.82, 2.24) is 14.9 Å². The van der Waals surface area contributed by atoms with Crippen molar-refractivity contribution in [2.75, 3.05) is 25.4 Å². The molecule has 2 heterocycles. The first-order chi connectivity index (χ1) is 10.2. The van der Waals surface area contributed by atoms with Crippen molar-refractivity contribution in [3.05, 3.63) is 0 Å². The predicted octanol–water partition coefficient (Wildman–Crippen LogP) is 0.304. The van der Waals surface area contributed by atoms with Gasteiger partial charge in [-0.3, -0.25) is 10.1 Å². The minimum absolute atomic E-state index is 0.130. The first-order valence-corrected chi connectivity index (χ1v) is 9.24. The summed E-state index contributed by atoms with van der Waals surface area (Å²) in [5.74, 6) is -3.13. The zero-order valence-corrected chi connectivity index (χ0v) is 13.5. The molecule has 1 unspecified atom stereocenters. The van der Waals surface area contributed by atoms with Crippen molar-refractivity contribution in [2.45, 2.75) is 50.6 Å². The van der Waals surface area contributed by atoms with Gasteiger partial charge in [-0.1, -0.05) is 6.92 Å². The van der Waals surface area contributed by atoms with Gasteiger partial charge in [0.15, 0.2) is 0 Å². The number of hydrogen-bond acceptors (Lipinski definition) is 4. The molecule has 0 saturated carbocycles. The van der Waals surface area contributed by atoms with E-state index >= 15 is 0 Å². The molecule has 2 fully saturated rings. The van der Waals surface area contributed by atoms with E-state index in [1.807, 2.05) is 6.92 Å². The Bertz CT molecular complexity index is 505. The zero-order chi connectivity index (χ0) is 16.4. The van der Waals surface area contributed by atoms with E-state index in [0.29, 0.717) is 32.4 Å². The average Bonchev–Trinajstić information content (AvgIpc) is 2.80. The van der Waals surface area contributed by atoms with Crippen LogP contribution in [0.1, 0.15) is 32.6 Å². The minimum Gasteiger partial charge on any atom is -0.352 e. The first-order valence-electron chi connectivity index (χ1n) is 7.63. The van der Waals surface area contributed by atoms with Crippen LogP contribution < -0.4 is 10.6 Å². The van der Waals surface area contributed by atoms with E-state index in [1.165, 1.54) is 4.31 Å². The SMILES string of the molecule is CCCS(=O)(=O)N1CCC(NC(=O)C2CC(F)(F)CN2)CC1. The Morgan fingerprint density at radius 2 is 2.00 bits per heavy atom. The summed E-state index contributed by atoms with van der Waals surface area (Å²) in [5, 5.41) is 5.26. The molecule has 128 valence electrons. The molecule has 0 radical (unpaired) electrons. The lowest BCUT2D eigenvalue weighted by atomic mass is 10.1. The molecule has 1 atom stereocenters. The standard InChI is InChI=1S/C13H23F2N3O3S/c1-2-7-22(20,21)18-5-3-10(4-6-18)17-12(19)11-8-13(14,15)9-16-11/h10-11,16H,2-9H2,1H3,(H,17,19). The molecule has 1 amide bonds. The molecule has 0 aromatic carbocycles. The summed E-state index contributed by atoms with van der Waals surface area (Å²) in [4.78, 5) is 11.9. The van der Waals surface area contributed by atoms with Crippen LogP contribution >= 0.6 is 0 Å². The quantitative estimate of drug-likeness (QED) is 0.755. The summed E-state index contributed by atoms with van der Waals surface area (Å²) < 4.78 is 51.5. The number of carbonyl (C=O) groups excluding carboxylic acids is 1. The molecule has 9 heteroatoms. The van der Waals surface area contributed by atoms with Gasteiger partial charge in [-0.2, -0.15) is 0 Å². The molecule has 2 N–H and O–H groups in total. The number of hydrogen-bond donors (Lipinski definition) is 2. The Hall–Kier alpha value is -0.800. The fourth-order valence-corrected chi connectivity index (χ4v) is 4.41. The molecule has 0 spiro atoms. The molecule has 6 nitrogen and oxygen atoms in total. The Morgan fingerprint density at radius 3 is 2.50 bits per heavy atom. The van der Waals surface area contributed by atoms with Crippen molar-refractivity contribution in [3.63, 3.8) is 0 Å². The average molecular weight is 339 g/mol. The van der Waals surface area contributed by atoms with Gasteiger partial charge in [0.25, 0.3) is 5.92 Å². The van der Waals surface area contributed by atoms with E-state index in [0.717, 1.165) is 0 Å². The summed E-state index contributed by atoms with van der Waals surface area (Å²) in [5.41, 5.74) is 0. The molecule has 0 bridgehead atoms. The number of nitrogens with zero attached hydrogens (tertiary/aromatic N) is 1. The summed E-state index contributed by atoms with van der Waals surface area (Å²) >= 11 is 0. The number of nitrogens with one attached hydrogen (secondary N) is 2. The summed E-state index contributed by atoms with van der Waals surface area (Å²) in [6.45, 7) is 2.07. The van der Waals surface area contributed by atoms with Crippen molar-refractivity contribution >= 4 is 15.9 Å². The second kappa shape index (κ2) is 6.76. The maximum absolute atomic E-state index is 13.1. The van der Waals surface area contributed by atoms with Crippen molar-refractivity contribution in [2.24, 2.45) is 0 Å². The molecule has 0 aromatic rings. The predicted molar refractivity (Wildman–Crippen MR) is 78.2 cm³/mol. The lowest BCUT2D eigenvalue weighted by molar-refractivity contribution is -0.124. The van der Waals surface area contributed by atoms with Crippen LogP contribution in [0.2, 0.25) is 0 Å². The van der Waals surface area contributed by atoms with Crippen LogP contribution in [0.15, 0.2) is 0 Å². The summed E-state index contributed by atoms with van der Waals surface area (Å²) in [6, 6.07) is -1.02. The molecular formula is C13H23F2N3O3S. The molecule has 2 aliphatic heterocycles. The maximum atomic E-state index is 13.1. The van der Waals surface area contributed by atoms with Crippen LogP contribution in [0.4, 0.5) is 8.78 Å². The van der Waals surface area contributed by atoms with Gasteiger partial charge in [0.1, 0.15) is 0 Å². The van der Waals surface area contributed by atoms with Crippen molar-refractivity contribution < 1.29 is 22.0 Å². The molecule has 2 aliphatic rings. The summed E-state index contributed by atoms with van der Waals surface area (Å²) in [6.07, 6.45) is 1.11. The Kier molecular flexibility index (Phi) is 5.39. The van der Waals surface area contributed by atoms with Crippen LogP contribution in [0.3, 0.4) is 0 Å². The van der Waals surface area contributed by atoms with Crippen LogP contribution in [0.5, 0.6) is 0 Å². The smallest absolute Gasteiger partial charge is 0.262 e. The molecule has 2 saturated heterocycles. The lowest BCUT2D eigenvalue weighted by Gasteiger charge is -2.32. The number of amides is 1.